The predicted octanol–water partition coefficient (Wildman–Crippen LogP) is 3.89. The van der Waals surface area contributed by atoms with Crippen LogP contribution in [-0.4, -0.2) is 30.1 Å². The third-order valence-corrected chi connectivity index (χ3v) is 4.54. The van der Waals surface area contributed by atoms with Gasteiger partial charge in [0.25, 0.3) is 0 Å². The maximum Gasteiger partial charge on any atom is 0.184 e. The Morgan fingerprint density at radius 2 is 1.73 bits per heavy atom. The van der Waals surface area contributed by atoms with Crippen molar-refractivity contribution in [2.75, 3.05) is 6.61 Å². The number of aliphatic hydroxyl groups excluding tert-OH is 1. The van der Waals surface area contributed by atoms with Crippen LogP contribution >= 0.6 is 0 Å². The summed E-state index contributed by atoms with van der Waals surface area (Å²) in [5.41, 5.74) is 2.09. The fraction of sp³-hybridized carbons (Fsp3) is 0.227. The van der Waals surface area contributed by atoms with Crippen molar-refractivity contribution in [1.29, 1.82) is 0 Å². The van der Waals surface area contributed by atoms with Gasteiger partial charge >= 0.3 is 0 Å². The summed E-state index contributed by atoms with van der Waals surface area (Å²) >= 11 is 0. The van der Waals surface area contributed by atoms with E-state index in [1.807, 2.05) is 48.5 Å². The van der Waals surface area contributed by atoms with Crippen LogP contribution in [0.3, 0.4) is 0 Å². The van der Waals surface area contributed by atoms with E-state index in [2.05, 4.69) is 29.3 Å². The van der Waals surface area contributed by atoms with Gasteiger partial charge in [-0.25, -0.2) is 0 Å². The van der Waals surface area contributed by atoms with Gasteiger partial charge in [-0.15, -0.1) is 0 Å². The normalized spacial score (nSPS) is 23.5. The Morgan fingerprint density at radius 1 is 0.962 bits per heavy atom. The predicted molar refractivity (Wildman–Crippen MR) is 102 cm³/mol. The summed E-state index contributed by atoms with van der Waals surface area (Å²) in [5, 5.41) is 12.6. The van der Waals surface area contributed by atoms with E-state index < -0.39 is 18.5 Å². The summed E-state index contributed by atoms with van der Waals surface area (Å²) in [6.45, 7) is 0.773. The van der Waals surface area contributed by atoms with Crippen LogP contribution in [0.4, 0.5) is 0 Å². The van der Waals surface area contributed by atoms with Gasteiger partial charge in [-0.3, -0.25) is 4.99 Å². The van der Waals surface area contributed by atoms with E-state index >= 15 is 0 Å². The topological polar surface area (TPSA) is 51.0 Å². The lowest BCUT2D eigenvalue weighted by molar-refractivity contribution is -0.237. The van der Waals surface area contributed by atoms with Crippen molar-refractivity contribution in [2.45, 2.75) is 25.0 Å². The minimum Gasteiger partial charge on any atom is -0.388 e. The molecule has 3 atom stereocenters. The van der Waals surface area contributed by atoms with Gasteiger partial charge < -0.3 is 14.6 Å². The van der Waals surface area contributed by atoms with Gasteiger partial charge in [0.1, 0.15) is 12.2 Å². The molecule has 4 heteroatoms. The van der Waals surface area contributed by atoms with Crippen LogP contribution < -0.4 is 0 Å². The Morgan fingerprint density at radius 3 is 2.62 bits per heavy atom. The average Bonchev–Trinajstić information content (AvgIpc) is 2.70. The summed E-state index contributed by atoms with van der Waals surface area (Å²) in [6, 6.07) is 24.2. The molecular formula is C22H21NO3. The molecule has 26 heavy (non-hydrogen) atoms. The van der Waals surface area contributed by atoms with Gasteiger partial charge in [0.05, 0.1) is 13.2 Å². The second-order valence-corrected chi connectivity index (χ2v) is 6.37. The van der Waals surface area contributed by atoms with E-state index in [9.17, 15) is 5.11 Å². The molecule has 3 aromatic carbocycles. The molecule has 132 valence electrons. The lowest BCUT2D eigenvalue weighted by Gasteiger charge is -2.32. The van der Waals surface area contributed by atoms with Crippen molar-refractivity contribution < 1.29 is 14.6 Å². The molecule has 0 unspecified atom stereocenters. The second kappa shape index (κ2) is 7.79. The maximum atomic E-state index is 10.2. The number of rotatable bonds is 4. The Balaban J connectivity index is 1.47. The first-order chi connectivity index (χ1) is 12.8. The molecule has 1 heterocycles. The molecule has 0 spiro atoms. The standard InChI is InChI=1S/C22H21NO3/c24-20-15-25-22(17-8-2-1-3-9-17)26-21(20)14-23-13-18-11-6-10-16-7-4-5-12-19(16)18/h1-12,14,20-22,24H,13,15H2/b23-14+/t20-,21+,22-/m1/s1. The number of hydrogen-bond donors (Lipinski definition) is 1. The van der Waals surface area contributed by atoms with Gasteiger partial charge in [0, 0.05) is 11.8 Å². The van der Waals surface area contributed by atoms with Crippen LogP contribution in [0, 0.1) is 0 Å². The van der Waals surface area contributed by atoms with Crippen molar-refractivity contribution in [1.82, 2.24) is 0 Å². The van der Waals surface area contributed by atoms with E-state index in [-0.39, 0.29) is 6.61 Å². The molecule has 0 amide bonds. The molecule has 1 fully saturated rings. The molecular weight excluding hydrogens is 326 g/mol. The highest BCUT2D eigenvalue weighted by atomic mass is 16.7. The van der Waals surface area contributed by atoms with Crippen molar-refractivity contribution in [2.24, 2.45) is 4.99 Å². The molecule has 0 aromatic heterocycles. The molecule has 3 aromatic rings. The fourth-order valence-electron chi connectivity index (χ4n) is 3.16. The molecule has 0 bridgehead atoms. The molecule has 1 saturated heterocycles. The third-order valence-electron chi connectivity index (χ3n) is 4.54. The molecule has 0 aliphatic carbocycles. The quantitative estimate of drug-likeness (QED) is 0.729. The third kappa shape index (κ3) is 3.68. The fourth-order valence-corrected chi connectivity index (χ4v) is 3.16. The van der Waals surface area contributed by atoms with Crippen LogP contribution in [-0.2, 0) is 16.0 Å². The minimum absolute atomic E-state index is 0.227. The summed E-state index contributed by atoms with van der Waals surface area (Å²) in [4.78, 5) is 4.53. The van der Waals surface area contributed by atoms with Gasteiger partial charge in [-0.1, -0.05) is 72.8 Å². The first kappa shape index (κ1) is 16.9. The average molecular weight is 347 g/mol. The van der Waals surface area contributed by atoms with Gasteiger partial charge in [0.2, 0.25) is 0 Å². The van der Waals surface area contributed by atoms with Gasteiger partial charge in [0.15, 0.2) is 6.29 Å². The van der Waals surface area contributed by atoms with Crippen molar-refractivity contribution >= 4 is 17.0 Å². The van der Waals surface area contributed by atoms with Gasteiger partial charge in [-0.2, -0.15) is 0 Å². The Bertz CT molecular complexity index is 889. The number of hydrogen-bond acceptors (Lipinski definition) is 4. The Hall–Kier alpha value is -2.53. The van der Waals surface area contributed by atoms with Crippen molar-refractivity contribution in [3.63, 3.8) is 0 Å². The molecule has 0 radical (unpaired) electrons. The monoisotopic (exact) mass is 347 g/mol. The number of aliphatic imine (C=N–C) groups is 1. The molecule has 4 rings (SSSR count). The Labute approximate surface area is 152 Å². The number of benzene rings is 3. The van der Waals surface area contributed by atoms with E-state index in [1.165, 1.54) is 10.8 Å². The van der Waals surface area contributed by atoms with E-state index in [0.717, 1.165) is 11.1 Å². The highest BCUT2D eigenvalue weighted by molar-refractivity contribution is 5.85. The lowest BCUT2D eigenvalue weighted by Crippen LogP contribution is -2.41. The Kier molecular flexibility index (Phi) is 5.07. The first-order valence-electron chi connectivity index (χ1n) is 8.78. The summed E-state index contributed by atoms with van der Waals surface area (Å²) in [5.74, 6) is 0. The highest BCUT2D eigenvalue weighted by Crippen LogP contribution is 2.26. The molecule has 1 aliphatic rings. The minimum atomic E-state index is -0.716. The zero-order chi connectivity index (χ0) is 17.8. The van der Waals surface area contributed by atoms with Crippen molar-refractivity contribution in [3.05, 3.63) is 83.9 Å². The van der Waals surface area contributed by atoms with E-state index in [4.69, 9.17) is 9.47 Å². The maximum absolute atomic E-state index is 10.2. The lowest BCUT2D eigenvalue weighted by atomic mass is 10.0. The van der Waals surface area contributed by atoms with Crippen molar-refractivity contribution in [3.8, 4) is 0 Å². The molecule has 4 nitrogen and oxygen atoms in total. The van der Waals surface area contributed by atoms with E-state index in [0.29, 0.717) is 6.54 Å². The molecule has 1 N–H and O–H groups in total. The van der Waals surface area contributed by atoms with Crippen LogP contribution in [0.25, 0.3) is 10.8 Å². The zero-order valence-electron chi connectivity index (χ0n) is 14.4. The number of nitrogens with zero attached hydrogens (tertiary/aromatic N) is 1. The largest absolute Gasteiger partial charge is 0.388 e. The number of fused-ring (bicyclic) bond motifs is 1. The summed E-state index contributed by atoms with van der Waals surface area (Å²) in [6.07, 6.45) is 0.0222. The highest BCUT2D eigenvalue weighted by Gasteiger charge is 2.30. The van der Waals surface area contributed by atoms with E-state index in [1.54, 1.807) is 6.21 Å². The summed E-state index contributed by atoms with van der Waals surface area (Å²) < 4.78 is 11.5. The molecule has 0 saturated carbocycles. The summed E-state index contributed by atoms with van der Waals surface area (Å²) in [7, 11) is 0. The van der Waals surface area contributed by atoms with Gasteiger partial charge in [-0.05, 0) is 16.3 Å². The van der Waals surface area contributed by atoms with Crippen LogP contribution in [0.15, 0.2) is 77.8 Å². The number of aliphatic hydroxyl groups is 1. The SMILES string of the molecule is O[C@@H]1CO[C@@H](c2ccccc2)O[C@H]1/C=N/Cc1cccc2ccccc12. The number of ether oxygens (including phenoxy) is 2. The van der Waals surface area contributed by atoms with Crippen LogP contribution in [0.5, 0.6) is 0 Å². The second-order valence-electron chi connectivity index (χ2n) is 6.37. The van der Waals surface area contributed by atoms with Crippen LogP contribution in [0.2, 0.25) is 0 Å². The first-order valence-corrected chi connectivity index (χ1v) is 8.78. The zero-order valence-corrected chi connectivity index (χ0v) is 14.4. The van der Waals surface area contributed by atoms with Crippen LogP contribution in [0.1, 0.15) is 17.4 Å². The molecule has 1 aliphatic heterocycles. The smallest absolute Gasteiger partial charge is 0.184 e.